The molecule has 1 heterocycles. The minimum Gasteiger partial charge on any atom is -0.396 e. The first-order chi connectivity index (χ1) is 6.15. The van der Waals surface area contributed by atoms with Crippen LogP contribution in [0.4, 0.5) is 0 Å². The highest BCUT2D eigenvalue weighted by atomic mass is 16.3. The van der Waals surface area contributed by atoms with Gasteiger partial charge in [-0.05, 0) is 18.9 Å². The molecule has 0 spiro atoms. The van der Waals surface area contributed by atoms with Gasteiger partial charge in [-0.3, -0.25) is 4.68 Å². The van der Waals surface area contributed by atoms with E-state index in [1.54, 1.807) is 4.68 Å². The quantitative estimate of drug-likeness (QED) is 0.702. The maximum atomic E-state index is 8.87. The van der Waals surface area contributed by atoms with Gasteiger partial charge in [0.25, 0.3) is 0 Å². The molecule has 13 heavy (non-hydrogen) atoms. The summed E-state index contributed by atoms with van der Waals surface area (Å²) in [6.07, 6.45) is 4.46. The van der Waals surface area contributed by atoms with Crippen LogP contribution in [-0.2, 0) is 7.05 Å². The SMILES string of the molecule is CC(N)C(CCO)c1cnn(C)c1. The number of aliphatic hydroxyl groups is 1. The summed E-state index contributed by atoms with van der Waals surface area (Å²) in [5.74, 6) is 0.207. The average Bonchev–Trinajstić information content (AvgIpc) is 2.46. The lowest BCUT2D eigenvalue weighted by molar-refractivity contribution is 0.269. The predicted molar refractivity (Wildman–Crippen MR) is 51.3 cm³/mol. The van der Waals surface area contributed by atoms with E-state index in [-0.39, 0.29) is 18.6 Å². The van der Waals surface area contributed by atoms with Crippen molar-refractivity contribution in [1.82, 2.24) is 9.78 Å². The Morgan fingerprint density at radius 2 is 2.38 bits per heavy atom. The van der Waals surface area contributed by atoms with Gasteiger partial charge in [0.15, 0.2) is 0 Å². The van der Waals surface area contributed by atoms with Gasteiger partial charge in [-0.2, -0.15) is 5.10 Å². The third kappa shape index (κ3) is 2.54. The van der Waals surface area contributed by atoms with Gasteiger partial charge >= 0.3 is 0 Å². The lowest BCUT2D eigenvalue weighted by atomic mass is 9.93. The number of hydrogen-bond donors (Lipinski definition) is 2. The monoisotopic (exact) mass is 183 g/mol. The van der Waals surface area contributed by atoms with Crippen molar-refractivity contribution < 1.29 is 5.11 Å². The molecule has 4 heteroatoms. The molecule has 3 N–H and O–H groups in total. The largest absolute Gasteiger partial charge is 0.396 e. The Morgan fingerprint density at radius 1 is 1.69 bits per heavy atom. The van der Waals surface area contributed by atoms with Gasteiger partial charge in [0, 0.05) is 31.8 Å². The fourth-order valence-corrected chi connectivity index (χ4v) is 1.50. The molecule has 0 fully saturated rings. The van der Waals surface area contributed by atoms with E-state index in [4.69, 9.17) is 10.8 Å². The van der Waals surface area contributed by atoms with Crippen molar-refractivity contribution in [1.29, 1.82) is 0 Å². The molecule has 0 bridgehead atoms. The summed E-state index contributed by atoms with van der Waals surface area (Å²) in [6, 6.07) is 0.0522. The number of aliphatic hydroxyl groups excluding tert-OH is 1. The van der Waals surface area contributed by atoms with Crippen LogP contribution in [0.25, 0.3) is 0 Å². The third-order valence-electron chi connectivity index (χ3n) is 2.23. The first-order valence-electron chi connectivity index (χ1n) is 4.50. The Morgan fingerprint density at radius 3 is 2.77 bits per heavy atom. The zero-order chi connectivity index (χ0) is 9.84. The second-order valence-corrected chi connectivity index (χ2v) is 3.43. The van der Waals surface area contributed by atoms with Crippen LogP contribution in [0.15, 0.2) is 12.4 Å². The number of aryl methyl sites for hydroxylation is 1. The number of hydrogen-bond acceptors (Lipinski definition) is 3. The molecule has 1 rings (SSSR count). The molecule has 0 aliphatic rings. The molecule has 74 valence electrons. The predicted octanol–water partition coefficient (Wildman–Crippen LogP) is 0.233. The highest BCUT2D eigenvalue weighted by Crippen LogP contribution is 2.21. The van der Waals surface area contributed by atoms with Crippen LogP contribution in [-0.4, -0.2) is 27.5 Å². The summed E-state index contributed by atoms with van der Waals surface area (Å²) < 4.78 is 1.75. The second kappa shape index (κ2) is 4.39. The molecule has 0 radical (unpaired) electrons. The molecule has 0 aliphatic carbocycles. The van der Waals surface area contributed by atoms with Crippen LogP contribution < -0.4 is 5.73 Å². The van der Waals surface area contributed by atoms with Crippen LogP contribution in [0.3, 0.4) is 0 Å². The lowest BCUT2D eigenvalue weighted by Crippen LogP contribution is -2.25. The van der Waals surface area contributed by atoms with Gasteiger partial charge in [0.05, 0.1) is 6.20 Å². The summed E-state index contributed by atoms with van der Waals surface area (Å²) in [5.41, 5.74) is 6.92. The van der Waals surface area contributed by atoms with Gasteiger partial charge in [-0.25, -0.2) is 0 Å². The van der Waals surface area contributed by atoms with E-state index in [0.29, 0.717) is 6.42 Å². The van der Waals surface area contributed by atoms with Gasteiger partial charge < -0.3 is 10.8 Å². The van der Waals surface area contributed by atoms with Gasteiger partial charge in [-0.1, -0.05) is 0 Å². The van der Waals surface area contributed by atoms with Crippen LogP contribution in [0.2, 0.25) is 0 Å². The maximum Gasteiger partial charge on any atom is 0.0525 e. The minimum absolute atomic E-state index is 0.0522. The first kappa shape index (κ1) is 10.2. The minimum atomic E-state index is 0.0522. The standard InChI is InChI=1S/C9H17N3O/c1-7(10)9(3-4-13)8-5-11-12(2)6-8/h5-7,9,13H,3-4,10H2,1-2H3. The van der Waals surface area contributed by atoms with Gasteiger partial charge in [-0.15, -0.1) is 0 Å². The molecular weight excluding hydrogens is 166 g/mol. The highest BCUT2D eigenvalue weighted by molar-refractivity contribution is 5.13. The summed E-state index contributed by atoms with van der Waals surface area (Å²) in [5, 5.41) is 13.0. The number of aromatic nitrogens is 2. The van der Waals surface area contributed by atoms with Crippen LogP contribution in [0.1, 0.15) is 24.8 Å². The van der Waals surface area contributed by atoms with E-state index in [0.717, 1.165) is 5.56 Å². The smallest absolute Gasteiger partial charge is 0.0525 e. The van der Waals surface area contributed by atoms with Crippen molar-refractivity contribution in [3.05, 3.63) is 18.0 Å². The summed E-state index contributed by atoms with van der Waals surface area (Å²) >= 11 is 0. The fraction of sp³-hybridized carbons (Fsp3) is 0.667. The Kier molecular flexibility index (Phi) is 3.45. The molecule has 2 atom stereocenters. The molecule has 1 aromatic rings. The number of nitrogens with two attached hydrogens (primary N) is 1. The van der Waals surface area contributed by atoms with E-state index >= 15 is 0 Å². The summed E-state index contributed by atoms with van der Waals surface area (Å²) in [7, 11) is 1.88. The Hall–Kier alpha value is -0.870. The van der Waals surface area contributed by atoms with E-state index in [1.807, 2.05) is 26.4 Å². The normalized spacial score (nSPS) is 15.7. The van der Waals surface area contributed by atoms with Gasteiger partial charge in [0.1, 0.15) is 0 Å². The third-order valence-corrected chi connectivity index (χ3v) is 2.23. The van der Waals surface area contributed by atoms with Crippen molar-refractivity contribution in [2.75, 3.05) is 6.61 Å². The fourth-order valence-electron chi connectivity index (χ4n) is 1.50. The Bertz CT molecular complexity index is 257. The van der Waals surface area contributed by atoms with Crippen molar-refractivity contribution in [2.45, 2.75) is 25.3 Å². The molecule has 1 aromatic heterocycles. The molecule has 0 aromatic carbocycles. The zero-order valence-corrected chi connectivity index (χ0v) is 8.14. The molecule has 0 amide bonds. The number of nitrogens with zero attached hydrogens (tertiary/aromatic N) is 2. The average molecular weight is 183 g/mol. The lowest BCUT2D eigenvalue weighted by Gasteiger charge is -2.17. The molecule has 0 saturated heterocycles. The van der Waals surface area contributed by atoms with Crippen molar-refractivity contribution in [2.24, 2.45) is 12.8 Å². The summed E-state index contributed by atoms with van der Waals surface area (Å²) in [4.78, 5) is 0. The van der Waals surface area contributed by atoms with E-state index in [9.17, 15) is 0 Å². The van der Waals surface area contributed by atoms with Crippen molar-refractivity contribution in [3.63, 3.8) is 0 Å². The molecule has 2 unspecified atom stereocenters. The Labute approximate surface area is 78.4 Å². The molecule has 4 nitrogen and oxygen atoms in total. The van der Waals surface area contributed by atoms with Crippen molar-refractivity contribution >= 4 is 0 Å². The molecule has 0 aliphatic heterocycles. The topological polar surface area (TPSA) is 64.1 Å². The zero-order valence-electron chi connectivity index (χ0n) is 8.14. The Balaban J connectivity index is 2.75. The van der Waals surface area contributed by atoms with Crippen LogP contribution in [0.5, 0.6) is 0 Å². The number of rotatable bonds is 4. The summed E-state index contributed by atoms with van der Waals surface area (Å²) in [6.45, 7) is 2.12. The molecule has 0 saturated carbocycles. The van der Waals surface area contributed by atoms with Gasteiger partial charge in [0.2, 0.25) is 0 Å². The maximum absolute atomic E-state index is 8.87. The highest BCUT2D eigenvalue weighted by Gasteiger charge is 2.16. The van der Waals surface area contributed by atoms with E-state index in [2.05, 4.69) is 5.10 Å². The van der Waals surface area contributed by atoms with Crippen LogP contribution in [0, 0.1) is 0 Å². The van der Waals surface area contributed by atoms with Crippen molar-refractivity contribution in [3.8, 4) is 0 Å². The van der Waals surface area contributed by atoms with E-state index in [1.165, 1.54) is 0 Å². The first-order valence-corrected chi connectivity index (χ1v) is 4.50. The second-order valence-electron chi connectivity index (χ2n) is 3.43. The van der Waals surface area contributed by atoms with E-state index < -0.39 is 0 Å². The van der Waals surface area contributed by atoms with Crippen LogP contribution >= 0.6 is 0 Å². The molecular formula is C9H17N3O.